The van der Waals surface area contributed by atoms with Crippen molar-refractivity contribution in [3.63, 3.8) is 0 Å². The Bertz CT molecular complexity index is 561. The summed E-state index contributed by atoms with van der Waals surface area (Å²) in [6.07, 6.45) is 0. The Labute approximate surface area is 107 Å². The summed E-state index contributed by atoms with van der Waals surface area (Å²) in [5, 5.41) is 8.25. The molecule has 5 nitrogen and oxygen atoms in total. The third-order valence-corrected chi connectivity index (χ3v) is 4.85. The fourth-order valence-electron chi connectivity index (χ4n) is 1.44. The van der Waals surface area contributed by atoms with E-state index in [0.717, 1.165) is 0 Å². The summed E-state index contributed by atoms with van der Waals surface area (Å²) >= 11 is 0. The Balaban J connectivity index is 3.04. The van der Waals surface area contributed by atoms with Crippen LogP contribution in [-0.4, -0.2) is 27.3 Å². The Morgan fingerprint density at radius 2 is 2.17 bits per heavy atom. The van der Waals surface area contributed by atoms with Crippen LogP contribution < -0.4 is 10.5 Å². The van der Waals surface area contributed by atoms with Crippen molar-refractivity contribution >= 4 is 9.84 Å². The maximum atomic E-state index is 11.9. The van der Waals surface area contributed by atoms with Gasteiger partial charge in [0.2, 0.25) is 0 Å². The lowest BCUT2D eigenvalue weighted by molar-refractivity contribution is 0.413. The number of sulfone groups is 1. The van der Waals surface area contributed by atoms with Crippen LogP contribution in [0.4, 0.5) is 0 Å². The van der Waals surface area contributed by atoms with E-state index < -0.39 is 15.1 Å². The van der Waals surface area contributed by atoms with Gasteiger partial charge in [-0.25, -0.2) is 8.42 Å². The van der Waals surface area contributed by atoms with Crippen molar-refractivity contribution in [2.24, 2.45) is 5.73 Å². The molecule has 2 N–H and O–H groups in total. The SMILES string of the molecule is COc1cc(CS(=O)(=O)C(C)CN)ccc1C#N. The lowest BCUT2D eigenvalue weighted by Crippen LogP contribution is -2.27. The van der Waals surface area contributed by atoms with Crippen LogP contribution in [0.2, 0.25) is 0 Å². The van der Waals surface area contributed by atoms with Gasteiger partial charge in [0, 0.05) is 6.54 Å². The second-order valence-electron chi connectivity index (χ2n) is 4.00. The summed E-state index contributed by atoms with van der Waals surface area (Å²) in [4.78, 5) is 0. The van der Waals surface area contributed by atoms with Crippen molar-refractivity contribution in [2.75, 3.05) is 13.7 Å². The van der Waals surface area contributed by atoms with E-state index in [9.17, 15) is 8.42 Å². The summed E-state index contributed by atoms with van der Waals surface area (Å²) < 4.78 is 28.8. The number of hydrogen-bond donors (Lipinski definition) is 1. The van der Waals surface area contributed by atoms with Crippen LogP contribution in [-0.2, 0) is 15.6 Å². The first kappa shape index (κ1) is 14.5. The zero-order valence-electron chi connectivity index (χ0n) is 10.4. The average Bonchev–Trinajstić information content (AvgIpc) is 2.36. The second-order valence-corrected chi connectivity index (χ2v) is 6.42. The van der Waals surface area contributed by atoms with Crippen LogP contribution in [0.5, 0.6) is 5.75 Å². The van der Waals surface area contributed by atoms with Crippen molar-refractivity contribution < 1.29 is 13.2 Å². The van der Waals surface area contributed by atoms with Crippen molar-refractivity contribution in [2.45, 2.75) is 17.9 Å². The highest BCUT2D eigenvalue weighted by Crippen LogP contribution is 2.21. The molecule has 0 spiro atoms. The second kappa shape index (κ2) is 5.85. The van der Waals surface area contributed by atoms with Crippen LogP contribution in [0.15, 0.2) is 18.2 Å². The van der Waals surface area contributed by atoms with Crippen molar-refractivity contribution in [1.82, 2.24) is 0 Å². The molecule has 1 aromatic carbocycles. The monoisotopic (exact) mass is 268 g/mol. The van der Waals surface area contributed by atoms with Gasteiger partial charge in [-0.2, -0.15) is 5.26 Å². The zero-order valence-corrected chi connectivity index (χ0v) is 11.2. The minimum absolute atomic E-state index is 0.0930. The first-order valence-corrected chi connectivity index (χ1v) is 7.14. The van der Waals surface area contributed by atoms with Crippen molar-refractivity contribution in [3.05, 3.63) is 29.3 Å². The number of nitrogens with two attached hydrogens (primary N) is 1. The molecule has 1 atom stereocenters. The van der Waals surface area contributed by atoms with Crippen LogP contribution in [0.1, 0.15) is 18.1 Å². The number of nitriles is 1. The fraction of sp³-hybridized carbons (Fsp3) is 0.417. The third-order valence-electron chi connectivity index (χ3n) is 2.70. The molecular weight excluding hydrogens is 252 g/mol. The fourth-order valence-corrected chi connectivity index (χ4v) is 2.66. The quantitative estimate of drug-likeness (QED) is 0.853. The number of nitrogens with zero attached hydrogens (tertiary/aromatic N) is 1. The topological polar surface area (TPSA) is 93.2 Å². The number of ether oxygens (including phenoxy) is 1. The van der Waals surface area contributed by atoms with Gasteiger partial charge in [0.15, 0.2) is 9.84 Å². The van der Waals surface area contributed by atoms with E-state index in [1.54, 1.807) is 25.1 Å². The van der Waals surface area contributed by atoms with Gasteiger partial charge < -0.3 is 10.5 Å². The maximum absolute atomic E-state index is 11.9. The average molecular weight is 268 g/mol. The molecule has 6 heteroatoms. The van der Waals surface area contributed by atoms with E-state index in [1.165, 1.54) is 7.11 Å². The third kappa shape index (κ3) is 3.22. The molecule has 1 rings (SSSR count). The van der Waals surface area contributed by atoms with Gasteiger partial charge in [-0.05, 0) is 24.6 Å². The van der Waals surface area contributed by atoms with Crippen LogP contribution in [0.3, 0.4) is 0 Å². The van der Waals surface area contributed by atoms with E-state index in [4.69, 9.17) is 15.7 Å². The predicted molar refractivity (Wildman–Crippen MR) is 68.8 cm³/mol. The van der Waals surface area contributed by atoms with E-state index >= 15 is 0 Å². The smallest absolute Gasteiger partial charge is 0.158 e. The Morgan fingerprint density at radius 1 is 1.50 bits per heavy atom. The number of hydrogen-bond acceptors (Lipinski definition) is 5. The molecule has 1 aromatic rings. The van der Waals surface area contributed by atoms with Gasteiger partial charge in [0.05, 0.1) is 23.7 Å². The molecule has 0 heterocycles. The van der Waals surface area contributed by atoms with E-state index in [0.29, 0.717) is 16.9 Å². The molecule has 0 saturated heterocycles. The number of rotatable bonds is 5. The van der Waals surface area contributed by atoms with Gasteiger partial charge in [0.1, 0.15) is 11.8 Å². The standard InChI is InChI=1S/C12H16N2O3S/c1-9(6-13)18(15,16)8-10-3-4-11(7-14)12(5-10)17-2/h3-5,9H,6,8,13H2,1-2H3. The molecular formula is C12H16N2O3S. The Kier molecular flexibility index (Phi) is 4.70. The Hall–Kier alpha value is -1.58. The first-order chi connectivity index (χ1) is 8.44. The van der Waals surface area contributed by atoms with Crippen molar-refractivity contribution in [3.8, 4) is 11.8 Å². The highest BCUT2D eigenvalue weighted by atomic mass is 32.2. The zero-order chi connectivity index (χ0) is 13.8. The minimum Gasteiger partial charge on any atom is -0.495 e. The summed E-state index contributed by atoms with van der Waals surface area (Å²) in [7, 11) is -1.83. The molecule has 0 aliphatic rings. The molecule has 18 heavy (non-hydrogen) atoms. The molecule has 98 valence electrons. The van der Waals surface area contributed by atoms with Crippen molar-refractivity contribution in [1.29, 1.82) is 5.26 Å². The lowest BCUT2D eigenvalue weighted by atomic mass is 10.1. The van der Waals surface area contributed by atoms with E-state index in [1.807, 2.05) is 6.07 Å². The Morgan fingerprint density at radius 3 is 2.67 bits per heavy atom. The number of methoxy groups -OCH3 is 1. The summed E-state index contributed by atoms with van der Waals surface area (Å²) in [6.45, 7) is 1.67. The maximum Gasteiger partial charge on any atom is 0.158 e. The van der Waals surface area contributed by atoms with Gasteiger partial charge >= 0.3 is 0 Å². The predicted octanol–water partition coefficient (Wildman–Crippen LogP) is 0.829. The molecule has 0 saturated carbocycles. The summed E-state index contributed by atoms with van der Waals surface area (Å²) in [5.41, 5.74) is 6.34. The normalized spacial score (nSPS) is 12.8. The highest BCUT2D eigenvalue weighted by molar-refractivity contribution is 7.91. The molecule has 0 aliphatic heterocycles. The van der Waals surface area contributed by atoms with Crippen LogP contribution in [0, 0.1) is 11.3 Å². The van der Waals surface area contributed by atoms with Gasteiger partial charge in [-0.15, -0.1) is 0 Å². The minimum atomic E-state index is -3.27. The molecule has 0 radical (unpaired) electrons. The molecule has 0 amide bonds. The summed E-state index contributed by atoms with van der Waals surface area (Å²) in [6, 6.07) is 6.71. The largest absolute Gasteiger partial charge is 0.495 e. The summed E-state index contributed by atoms with van der Waals surface area (Å²) in [5.74, 6) is 0.276. The number of benzene rings is 1. The van der Waals surface area contributed by atoms with Crippen LogP contribution in [0.25, 0.3) is 0 Å². The van der Waals surface area contributed by atoms with Gasteiger partial charge in [-0.1, -0.05) is 6.07 Å². The molecule has 1 unspecified atom stereocenters. The molecule has 0 fully saturated rings. The first-order valence-electron chi connectivity index (χ1n) is 5.43. The molecule has 0 bridgehead atoms. The van der Waals surface area contributed by atoms with Crippen LogP contribution >= 0.6 is 0 Å². The van der Waals surface area contributed by atoms with E-state index in [-0.39, 0.29) is 12.3 Å². The molecule has 0 aromatic heterocycles. The van der Waals surface area contributed by atoms with E-state index in [2.05, 4.69) is 0 Å². The van der Waals surface area contributed by atoms with Gasteiger partial charge in [-0.3, -0.25) is 0 Å². The molecule has 0 aliphatic carbocycles. The van der Waals surface area contributed by atoms with Gasteiger partial charge in [0.25, 0.3) is 0 Å². The highest BCUT2D eigenvalue weighted by Gasteiger charge is 2.20. The lowest BCUT2D eigenvalue weighted by Gasteiger charge is -2.11.